The van der Waals surface area contributed by atoms with E-state index in [0.29, 0.717) is 5.92 Å². The van der Waals surface area contributed by atoms with Crippen molar-refractivity contribution in [2.75, 3.05) is 0 Å². The third-order valence-electron chi connectivity index (χ3n) is 6.12. The van der Waals surface area contributed by atoms with Crippen molar-refractivity contribution < 1.29 is 13.2 Å². The van der Waals surface area contributed by atoms with Crippen molar-refractivity contribution >= 4 is 0 Å². The van der Waals surface area contributed by atoms with Crippen LogP contribution >= 0.6 is 0 Å². The second kappa shape index (κ2) is 9.32. The Morgan fingerprint density at radius 1 is 0.893 bits per heavy atom. The molecule has 148 valence electrons. The monoisotopic (exact) mass is 384 g/mol. The van der Waals surface area contributed by atoms with Crippen LogP contribution in [0.4, 0.5) is 13.2 Å². The maximum absolute atomic E-state index is 13.3. The highest BCUT2D eigenvalue weighted by molar-refractivity contribution is 5.43. The largest absolute Gasteiger partial charge is 0.204 e. The fourth-order valence-corrected chi connectivity index (χ4v) is 4.20. The van der Waals surface area contributed by atoms with Gasteiger partial charge in [0.25, 0.3) is 0 Å². The van der Waals surface area contributed by atoms with E-state index >= 15 is 0 Å². The van der Waals surface area contributed by atoms with E-state index in [1.807, 2.05) is 12.1 Å². The molecule has 1 unspecified atom stereocenters. The van der Waals surface area contributed by atoms with E-state index in [9.17, 15) is 13.2 Å². The normalized spacial score (nSPS) is 20.3. The van der Waals surface area contributed by atoms with Crippen molar-refractivity contribution in [3.05, 3.63) is 70.5 Å². The predicted molar refractivity (Wildman–Crippen MR) is 107 cm³/mol. The van der Waals surface area contributed by atoms with Gasteiger partial charge in [-0.3, -0.25) is 0 Å². The van der Waals surface area contributed by atoms with E-state index in [4.69, 9.17) is 0 Å². The molecule has 2 aromatic rings. The average molecular weight is 384 g/mol. The molecule has 0 saturated heterocycles. The average Bonchev–Trinajstić information content (AvgIpc) is 2.71. The zero-order valence-electron chi connectivity index (χ0n) is 16.6. The Hall–Kier alpha value is -2.21. The molecule has 1 atom stereocenters. The van der Waals surface area contributed by atoms with Crippen molar-refractivity contribution in [3.8, 4) is 11.8 Å². The van der Waals surface area contributed by atoms with Crippen LogP contribution in [0.5, 0.6) is 0 Å². The third-order valence-corrected chi connectivity index (χ3v) is 6.12. The molecular formula is C25H27F3. The maximum atomic E-state index is 13.3. The van der Waals surface area contributed by atoms with E-state index in [1.165, 1.54) is 37.7 Å². The molecule has 0 aliphatic heterocycles. The van der Waals surface area contributed by atoms with Gasteiger partial charge >= 0.3 is 0 Å². The van der Waals surface area contributed by atoms with Gasteiger partial charge in [0.15, 0.2) is 17.5 Å². The molecule has 28 heavy (non-hydrogen) atoms. The van der Waals surface area contributed by atoms with Gasteiger partial charge in [-0.2, -0.15) is 0 Å². The van der Waals surface area contributed by atoms with Crippen LogP contribution in [-0.4, -0.2) is 0 Å². The number of hydrogen-bond acceptors (Lipinski definition) is 0. The van der Waals surface area contributed by atoms with Gasteiger partial charge in [0.05, 0.1) is 0 Å². The van der Waals surface area contributed by atoms with Crippen LogP contribution < -0.4 is 0 Å². The molecule has 1 saturated carbocycles. The van der Waals surface area contributed by atoms with Gasteiger partial charge in [-0.05, 0) is 66.8 Å². The van der Waals surface area contributed by atoms with Crippen LogP contribution in [0.15, 0.2) is 36.4 Å². The van der Waals surface area contributed by atoms with Crippen molar-refractivity contribution in [2.24, 2.45) is 17.8 Å². The Balaban J connectivity index is 1.60. The predicted octanol–water partition coefficient (Wildman–Crippen LogP) is 6.90. The highest BCUT2D eigenvalue weighted by Gasteiger charge is 2.24. The number of halogens is 3. The summed E-state index contributed by atoms with van der Waals surface area (Å²) in [7, 11) is 0. The van der Waals surface area contributed by atoms with Crippen LogP contribution in [0.25, 0.3) is 0 Å². The van der Waals surface area contributed by atoms with E-state index in [0.717, 1.165) is 36.0 Å². The molecule has 1 aliphatic rings. The Morgan fingerprint density at radius 3 is 2.04 bits per heavy atom. The Kier molecular flexibility index (Phi) is 6.83. The van der Waals surface area contributed by atoms with Crippen LogP contribution in [0.3, 0.4) is 0 Å². The molecule has 0 amide bonds. The second-order valence-corrected chi connectivity index (χ2v) is 8.07. The first-order valence-corrected chi connectivity index (χ1v) is 10.2. The summed E-state index contributed by atoms with van der Waals surface area (Å²) in [5.41, 5.74) is 2.18. The van der Waals surface area contributed by atoms with Gasteiger partial charge in [0.1, 0.15) is 0 Å². The Labute approximate surface area is 166 Å². The summed E-state index contributed by atoms with van der Waals surface area (Å²) in [6, 6.07) is 9.83. The topological polar surface area (TPSA) is 0 Å². The van der Waals surface area contributed by atoms with Gasteiger partial charge in [-0.15, -0.1) is 0 Å². The van der Waals surface area contributed by atoms with E-state index in [-0.39, 0.29) is 5.56 Å². The zero-order chi connectivity index (χ0) is 20.1. The number of rotatable bonds is 4. The molecule has 1 aliphatic carbocycles. The summed E-state index contributed by atoms with van der Waals surface area (Å²) in [4.78, 5) is 0. The summed E-state index contributed by atoms with van der Waals surface area (Å²) in [5.74, 6) is 4.07. The molecular weight excluding hydrogens is 357 g/mol. The maximum Gasteiger partial charge on any atom is 0.194 e. The minimum atomic E-state index is -1.47. The molecule has 0 heterocycles. The number of hydrogen-bond donors (Lipinski definition) is 0. The molecule has 0 radical (unpaired) electrons. The van der Waals surface area contributed by atoms with E-state index in [1.54, 1.807) is 0 Å². The molecule has 0 bridgehead atoms. The minimum absolute atomic E-state index is 0.122. The summed E-state index contributed by atoms with van der Waals surface area (Å²) >= 11 is 0. The minimum Gasteiger partial charge on any atom is -0.204 e. The SMILES string of the molecule is CCC1CCC(C(C)Cc2ccc(C#Cc3cc(F)c(F)c(F)c3)cc2)CC1. The van der Waals surface area contributed by atoms with E-state index in [2.05, 4.69) is 37.8 Å². The number of benzene rings is 2. The molecule has 0 spiro atoms. The Bertz CT molecular complexity index is 827. The van der Waals surface area contributed by atoms with Crippen LogP contribution in [0.1, 0.15) is 62.6 Å². The highest BCUT2D eigenvalue weighted by Crippen LogP contribution is 2.35. The van der Waals surface area contributed by atoms with Crippen molar-refractivity contribution in [1.82, 2.24) is 0 Å². The lowest BCUT2D eigenvalue weighted by Crippen LogP contribution is -2.21. The molecule has 3 rings (SSSR count). The summed E-state index contributed by atoms with van der Waals surface area (Å²) in [6.07, 6.45) is 7.78. The molecule has 3 heteroatoms. The van der Waals surface area contributed by atoms with Crippen molar-refractivity contribution in [1.29, 1.82) is 0 Å². The van der Waals surface area contributed by atoms with Gasteiger partial charge in [-0.25, -0.2) is 13.2 Å². The van der Waals surface area contributed by atoms with E-state index < -0.39 is 17.5 Å². The lowest BCUT2D eigenvalue weighted by atomic mass is 9.74. The van der Waals surface area contributed by atoms with Crippen molar-refractivity contribution in [3.63, 3.8) is 0 Å². The first-order valence-electron chi connectivity index (χ1n) is 10.2. The highest BCUT2D eigenvalue weighted by atomic mass is 19.2. The van der Waals surface area contributed by atoms with Crippen LogP contribution in [0.2, 0.25) is 0 Å². The van der Waals surface area contributed by atoms with Gasteiger partial charge in [0.2, 0.25) is 0 Å². The zero-order valence-corrected chi connectivity index (χ0v) is 16.6. The molecule has 1 fully saturated rings. The third kappa shape index (κ3) is 5.19. The van der Waals surface area contributed by atoms with Crippen LogP contribution in [-0.2, 0) is 6.42 Å². The van der Waals surface area contributed by atoms with Crippen molar-refractivity contribution in [2.45, 2.75) is 52.4 Å². The van der Waals surface area contributed by atoms with Crippen LogP contribution in [0, 0.1) is 47.0 Å². The van der Waals surface area contributed by atoms with Gasteiger partial charge < -0.3 is 0 Å². The Morgan fingerprint density at radius 2 is 1.46 bits per heavy atom. The lowest BCUT2D eigenvalue weighted by Gasteiger charge is -2.32. The standard InChI is InChI=1S/C25H27F3/c1-3-18-10-12-22(13-11-18)17(2)14-20-7-4-19(5-8-20)6-9-21-15-23(26)25(28)24(27)16-21/h4-5,7-8,15-18,22H,3,10-14H2,1-2H3. The first kappa shape index (κ1) is 20.5. The molecule has 0 aromatic heterocycles. The quantitative estimate of drug-likeness (QED) is 0.397. The molecule has 0 N–H and O–H groups in total. The summed E-state index contributed by atoms with van der Waals surface area (Å²) in [6.45, 7) is 4.64. The summed E-state index contributed by atoms with van der Waals surface area (Å²) in [5, 5.41) is 0. The fourth-order valence-electron chi connectivity index (χ4n) is 4.20. The second-order valence-electron chi connectivity index (χ2n) is 8.07. The van der Waals surface area contributed by atoms with Gasteiger partial charge in [0, 0.05) is 11.1 Å². The van der Waals surface area contributed by atoms with Gasteiger partial charge in [-0.1, -0.05) is 57.1 Å². The lowest BCUT2D eigenvalue weighted by molar-refractivity contribution is 0.210. The molecule has 0 nitrogen and oxygen atoms in total. The molecule has 2 aromatic carbocycles. The smallest absolute Gasteiger partial charge is 0.194 e. The summed E-state index contributed by atoms with van der Waals surface area (Å²) < 4.78 is 39.5. The first-order chi connectivity index (χ1) is 13.5. The fraction of sp³-hybridized carbons (Fsp3) is 0.440.